The van der Waals surface area contributed by atoms with Crippen LogP contribution in [0.2, 0.25) is 0 Å². The predicted molar refractivity (Wildman–Crippen MR) is 54.0 cm³/mol. The molecule has 8 heteroatoms. The van der Waals surface area contributed by atoms with Gasteiger partial charge in [0.05, 0.1) is 5.92 Å². The van der Waals surface area contributed by atoms with Gasteiger partial charge in [0.15, 0.2) is 4.34 Å². The third-order valence-corrected chi connectivity index (χ3v) is 3.75. The van der Waals surface area contributed by atoms with Crippen molar-refractivity contribution in [1.82, 2.24) is 9.36 Å². The summed E-state index contributed by atoms with van der Waals surface area (Å²) >= 11 is 2.15. The Hall–Kier alpha value is -0.340. The highest BCUT2D eigenvalue weighted by Gasteiger charge is 2.38. The molecule has 0 saturated heterocycles. The zero-order valence-electron chi connectivity index (χ0n) is 7.91. The molecule has 1 rings (SSSR count). The number of aromatic nitrogens is 2. The Balaban J connectivity index is 2.48. The van der Waals surface area contributed by atoms with Crippen LogP contribution in [0.4, 0.5) is 13.2 Å². The van der Waals surface area contributed by atoms with E-state index in [1.54, 1.807) is 6.92 Å². The van der Waals surface area contributed by atoms with Crippen molar-refractivity contribution in [2.45, 2.75) is 17.4 Å². The van der Waals surface area contributed by atoms with Gasteiger partial charge in [-0.3, -0.25) is 0 Å². The molecule has 0 aliphatic heterocycles. The minimum Gasteiger partial charge on any atom is -0.330 e. The largest absolute Gasteiger partial charge is 0.393 e. The second-order valence-corrected chi connectivity index (χ2v) is 4.91. The van der Waals surface area contributed by atoms with Crippen LogP contribution in [0.25, 0.3) is 0 Å². The molecule has 0 fully saturated rings. The van der Waals surface area contributed by atoms with Crippen molar-refractivity contribution in [3.8, 4) is 0 Å². The SMILES string of the molecule is Cc1nsc(SCC(CN)C(F)(F)F)n1. The first-order chi connectivity index (χ1) is 6.93. The fourth-order valence-corrected chi connectivity index (χ4v) is 2.62. The Morgan fingerprint density at radius 1 is 1.53 bits per heavy atom. The second-order valence-electron chi connectivity index (χ2n) is 2.89. The van der Waals surface area contributed by atoms with Crippen molar-refractivity contribution in [3.05, 3.63) is 5.82 Å². The molecular formula is C7H10F3N3S2. The summed E-state index contributed by atoms with van der Waals surface area (Å²) in [7, 11) is 0. The van der Waals surface area contributed by atoms with E-state index in [2.05, 4.69) is 9.36 Å². The summed E-state index contributed by atoms with van der Waals surface area (Å²) in [4.78, 5) is 3.96. The van der Waals surface area contributed by atoms with Gasteiger partial charge in [0.25, 0.3) is 0 Å². The monoisotopic (exact) mass is 257 g/mol. The van der Waals surface area contributed by atoms with Crippen LogP contribution in [0.3, 0.4) is 0 Å². The Morgan fingerprint density at radius 2 is 2.20 bits per heavy atom. The highest BCUT2D eigenvalue weighted by molar-refractivity contribution is 8.00. The first kappa shape index (κ1) is 12.7. The minimum atomic E-state index is -4.23. The van der Waals surface area contributed by atoms with Crippen molar-refractivity contribution in [2.24, 2.45) is 11.7 Å². The first-order valence-corrected chi connectivity index (χ1v) is 5.89. The summed E-state index contributed by atoms with van der Waals surface area (Å²) in [6, 6.07) is 0. The van der Waals surface area contributed by atoms with E-state index in [1.165, 1.54) is 0 Å². The van der Waals surface area contributed by atoms with Crippen LogP contribution in [-0.4, -0.2) is 27.8 Å². The van der Waals surface area contributed by atoms with Crippen LogP contribution >= 0.6 is 23.3 Å². The molecule has 0 aliphatic rings. The Bertz CT molecular complexity index is 313. The number of alkyl halides is 3. The Kier molecular flexibility index (Phi) is 4.35. The molecule has 0 spiro atoms. The molecule has 1 atom stereocenters. The van der Waals surface area contributed by atoms with Crippen molar-refractivity contribution in [2.75, 3.05) is 12.3 Å². The Labute approximate surface area is 93.4 Å². The highest BCUT2D eigenvalue weighted by Crippen LogP contribution is 2.31. The molecule has 0 aromatic carbocycles. The van der Waals surface area contributed by atoms with E-state index in [1.807, 2.05) is 0 Å². The molecule has 2 N–H and O–H groups in total. The van der Waals surface area contributed by atoms with E-state index in [-0.39, 0.29) is 5.75 Å². The van der Waals surface area contributed by atoms with Gasteiger partial charge in [-0.15, -0.1) is 0 Å². The molecule has 86 valence electrons. The van der Waals surface area contributed by atoms with Gasteiger partial charge in [-0.05, 0) is 18.5 Å². The lowest BCUT2D eigenvalue weighted by molar-refractivity contribution is -0.165. The van der Waals surface area contributed by atoms with Crippen LogP contribution in [0.15, 0.2) is 4.34 Å². The van der Waals surface area contributed by atoms with Crippen molar-refractivity contribution < 1.29 is 13.2 Å². The lowest BCUT2D eigenvalue weighted by Crippen LogP contribution is -2.32. The summed E-state index contributed by atoms with van der Waals surface area (Å²) in [6.07, 6.45) is -4.23. The van der Waals surface area contributed by atoms with Gasteiger partial charge in [-0.1, -0.05) is 11.8 Å². The number of aryl methyl sites for hydroxylation is 1. The predicted octanol–water partition coefficient (Wildman–Crippen LogP) is 2.08. The maximum Gasteiger partial charge on any atom is 0.393 e. The summed E-state index contributed by atoms with van der Waals surface area (Å²) < 4.78 is 41.3. The van der Waals surface area contributed by atoms with Crippen molar-refractivity contribution in [3.63, 3.8) is 0 Å². The van der Waals surface area contributed by atoms with E-state index in [4.69, 9.17) is 5.73 Å². The van der Waals surface area contributed by atoms with E-state index in [0.717, 1.165) is 23.3 Å². The molecular weight excluding hydrogens is 247 g/mol. The smallest absolute Gasteiger partial charge is 0.330 e. The van der Waals surface area contributed by atoms with Gasteiger partial charge >= 0.3 is 6.18 Å². The van der Waals surface area contributed by atoms with Gasteiger partial charge < -0.3 is 5.73 Å². The Morgan fingerprint density at radius 3 is 2.60 bits per heavy atom. The normalized spacial score (nSPS) is 14.2. The maximum absolute atomic E-state index is 12.3. The van der Waals surface area contributed by atoms with E-state index < -0.39 is 18.6 Å². The molecule has 0 aliphatic carbocycles. The number of hydrogen-bond acceptors (Lipinski definition) is 5. The van der Waals surface area contributed by atoms with Gasteiger partial charge in [-0.25, -0.2) is 4.98 Å². The standard InChI is InChI=1S/C7H10F3N3S2/c1-4-12-6(15-13-4)14-3-5(2-11)7(8,9)10/h5H,2-3,11H2,1H3. The van der Waals surface area contributed by atoms with Crippen molar-refractivity contribution in [1.29, 1.82) is 0 Å². The molecule has 0 saturated carbocycles. The van der Waals surface area contributed by atoms with Crippen LogP contribution in [0.1, 0.15) is 5.82 Å². The van der Waals surface area contributed by atoms with E-state index >= 15 is 0 Å². The second kappa shape index (κ2) is 5.13. The third kappa shape index (κ3) is 3.96. The number of nitrogens with two attached hydrogens (primary N) is 1. The summed E-state index contributed by atoms with van der Waals surface area (Å²) in [5.74, 6) is -1.00. The van der Waals surface area contributed by atoms with Crippen molar-refractivity contribution >= 4 is 23.3 Å². The number of thioether (sulfide) groups is 1. The summed E-state index contributed by atoms with van der Waals surface area (Å²) in [5.41, 5.74) is 5.06. The lowest BCUT2D eigenvalue weighted by atomic mass is 10.2. The molecule has 1 unspecified atom stereocenters. The quantitative estimate of drug-likeness (QED) is 0.839. The topological polar surface area (TPSA) is 51.8 Å². The third-order valence-electron chi connectivity index (χ3n) is 1.66. The number of hydrogen-bond donors (Lipinski definition) is 1. The molecule has 3 nitrogen and oxygen atoms in total. The zero-order chi connectivity index (χ0) is 11.5. The number of halogens is 3. The molecule has 0 radical (unpaired) electrons. The molecule has 1 aromatic rings. The highest BCUT2D eigenvalue weighted by atomic mass is 32.2. The fourth-order valence-electron chi connectivity index (χ4n) is 0.805. The zero-order valence-corrected chi connectivity index (χ0v) is 9.55. The van der Waals surface area contributed by atoms with Gasteiger partial charge in [-0.2, -0.15) is 17.5 Å². The molecule has 0 bridgehead atoms. The van der Waals surface area contributed by atoms with Gasteiger partial charge in [0, 0.05) is 12.3 Å². The summed E-state index contributed by atoms with van der Waals surface area (Å²) in [6.45, 7) is 1.30. The fraction of sp³-hybridized carbons (Fsp3) is 0.714. The molecule has 0 amide bonds. The van der Waals surface area contributed by atoms with Crippen LogP contribution in [0.5, 0.6) is 0 Å². The van der Waals surface area contributed by atoms with E-state index in [9.17, 15) is 13.2 Å². The van der Waals surface area contributed by atoms with Crippen LogP contribution in [0, 0.1) is 12.8 Å². The van der Waals surface area contributed by atoms with Crippen LogP contribution in [-0.2, 0) is 0 Å². The maximum atomic E-state index is 12.3. The van der Waals surface area contributed by atoms with E-state index in [0.29, 0.717) is 10.2 Å². The molecule has 1 heterocycles. The molecule has 1 aromatic heterocycles. The number of nitrogens with zero attached hydrogens (tertiary/aromatic N) is 2. The van der Waals surface area contributed by atoms with Crippen LogP contribution < -0.4 is 5.73 Å². The van der Waals surface area contributed by atoms with Gasteiger partial charge in [0.2, 0.25) is 0 Å². The number of rotatable bonds is 4. The average molecular weight is 257 g/mol. The minimum absolute atomic E-state index is 0.103. The molecule has 15 heavy (non-hydrogen) atoms. The van der Waals surface area contributed by atoms with Gasteiger partial charge in [0.1, 0.15) is 5.82 Å². The lowest BCUT2D eigenvalue weighted by Gasteiger charge is -2.16. The first-order valence-electron chi connectivity index (χ1n) is 4.13. The summed E-state index contributed by atoms with van der Waals surface area (Å²) in [5, 5.41) is 0. The average Bonchev–Trinajstić information content (AvgIpc) is 2.50.